The van der Waals surface area contributed by atoms with E-state index in [-0.39, 0.29) is 54.4 Å². The molecule has 8 atom stereocenters. The first kappa shape index (κ1) is 38.9. The van der Waals surface area contributed by atoms with Crippen LogP contribution in [0.3, 0.4) is 0 Å². The van der Waals surface area contributed by atoms with Crippen molar-refractivity contribution in [2.75, 3.05) is 5.32 Å². The summed E-state index contributed by atoms with van der Waals surface area (Å²) in [6, 6.07) is 4.57. The molecule has 8 heterocycles. The minimum absolute atomic E-state index is 0.00416. The maximum atomic E-state index is 6.35. The second-order valence-electron chi connectivity index (χ2n) is 17.3. The van der Waals surface area contributed by atoms with Crippen LogP contribution in [0.25, 0.3) is 22.1 Å². The first-order chi connectivity index (χ1) is 26.9. The Kier molecular flexibility index (Phi) is 10.6. The van der Waals surface area contributed by atoms with Crippen molar-refractivity contribution in [1.82, 2.24) is 29.1 Å². The molecule has 2 saturated carbocycles. The zero-order valence-corrected chi connectivity index (χ0v) is 34.8. The van der Waals surface area contributed by atoms with Gasteiger partial charge < -0.3 is 42.9 Å². The van der Waals surface area contributed by atoms with Crippen molar-refractivity contribution in [2.24, 2.45) is 5.92 Å². The van der Waals surface area contributed by atoms with Gasteiger partial charge in [-0.25, -0.2) is 9.97 Å². The Balaban J connectivity index is 0.000000146. The molecule has 0 unspecified atom stereocenters. The second-order valence-corrected chi connectivity index (χ2v) is 17.9. The zero-order chi connectivity index (χ0) is 38.9. The summed E-state index contributed by atoms with van der Waals surface area (Å²) in [6.45, 7) is 12.0. The van der Waals surface area contributed by atoms with E-state index in [4.69, 9.17) is 51.6 Å². The summed E-state index contributed by atoms with van der Waals surface area (Å²) in [4.78, 5) is 18.1. The largest absolute Gasteiger partial charge is 0.367 e. The predicted molar refractivity (Wildman–Crippen MR) is 213 cm³/mol. The molecule has 4 aliphatic heterocycles. The number of fused-ring (bicyclic) bond motifs is 4. The molecule has 4 saturated heterocycles. The fourth-order valence-corrected chi connectivity index (χ4v) is 10.3. The Bertz CT molecular complexity index is 1900. The fourth-order valence-electron chi connectivity index (χ4n) is 9.92. The van der Waals surface area contributed by atoms with Crippen molar-refractivity contribution in [1.29, 1.82) is 0 Å². The molecule has 1 N–H and O–H groups in total. The van der Waals surface area contributed by atoms with Gasteiger partial charge in [0.15, 0.2) is 24.0 Å². The van der Waals surface area contributed by atoms with Crippen LogP contribution in [0, 0.1) is 5.92 Å². The van der Waals surface area contributed by atoms with Gasteiger partial charge in [0.1, 0.15) is 41.5 Å². The summed E-state index contributed by atoms with van der Waals surface area (Å²) in [5, 5.41) is 6.11. The number of hydrogen-bond donors (Lipinski definition) is 1. The van der Waals surface area contributed by atoms with Crippen LogP contribution in [0.4, 0.5) is 5.82 Å². The van der Waals surface area contributed by atoms with E-state index in [9.17, 15) is 0 Å². The molecule has 4 aromatic rings. The van der Waals surface area contributed by atoms with E-state index >= 15 is 0 Å². The Labute approximate surface area is 338 Å². The third kappa shape index (κ3) is 7.33. The minimum Gasteiger partial charge on any atom is -0.367 e. The Hall–Kier alpha value is -2.62. The standard InChI is InChI=1S/C21H28ClN3O3.C20H27ClN4O3/c1-4-15-16-17(28-21(2,3)27-16)19(26-15)25-10-9-13-14(11-12-7-5-6-8-12)23-20(22)24-18(13)25;1-4-13-14-15(28-20(2,3)27-14)18(26-13)25-10-9-12-16(22-11-7-5-6-8-11)23-19(21)24-17(12)25/h9-10,12,15-17,19H,4-8,11H2,1-3H3;9-11,13-15,18H,4-8H2,1-3H3,(H,22,23,24)/t15-,16-,17-,19-;13-,14-,15-,18-/m11/s1. The molecule has 0 spiro atoms. The SMILES string of the molecule is CC[C@H]1O[C@@H](n2ccc3c(CC4CCCC4)nc(Cl)nc32)[C@@H]2OC(C)(C)O[C@@H]21.CC[C@H]1O[C@@H](n2ccc3c(NC4CCCC4)nc(Cl)nc32)[C@@H]2OC(C)(C)O[C@@H]21. The highest BCUT2D eigenvalue weighted by atomic mass is 35.5. The van der Waals surface area contributed by atoms with Crippen molar-refractivity contribution in [3.63, 3.8) is 0 Å². The number of aromatic nitrogens is 6. The fraction of sp³-hybridized carbons (Fsp3) is 0.707. The normalized spacial score (nSPS) is 32.4. The van der Waals surface area contributed by atoms with Gasteiger partial charge in [-0.2, -0.15) is 9.97 Å². The molecule has 6 aliphatic rings. The van der Waals surface area contributed by atoms with Crippen LogP contribution in [0.1, 0.15) is 124 Å². The molecule has 15 heteroatoms. The Morgan fingerprint density at radius 3 is 1.70 bits per heavy atom. The number of nitrogens with zero attached hydrogens (tertiary/aromatic N) is 6. The van der Waals surface area contributed by atoms with Crippen molar-refractivity contribution in [2.45, 2.75) is 179 Å². The first-order valence-electron chi connectivity index (χ1n) is 20.8. The molecule has 4 aromatic heterocycles. The summed E-state index contributed by atoms with van der Waals surface area (Å²) in [5.74, 6) is 0.274. The van der Waals surface area contributed by atoms with Gasteiger partial charge in [-0.15, -0.1) is 0 Å². The van der Waals surface area contributed by atoms with E-state index in [0.717, 1.165) is 65.7 Å². The van der Waals surface area contributed by atoms with Crippen LogP contribution in [0.15, 0.2) is 24.5 Å². The maximum absolute atomic E-state index is 6.35. The molecule has 10 rings (SSSR count). The third-order valence-corrected chi connectivity index (χ3v) is 12.8. The number of hydrogen-bond acceptors (Lipinski definition) is 11. The predicted octanol–water partition coefficient (Wildman–Crippen LogP) is 8.91. The van der Waals surface area contributed by atoms with Crippen molar-refractivity contribution >= 4 is 51.1 Å². The van der Waals surface area contributed by atoms with Crippen molar-refractivity contribution in [3.8, 4) is 0 Å². The van der Waals surface area contributed by atoms with Crippen molar-refractivity contribution < 1.29 is 28.4 Å². The van der Waals surface area contributed by atoms with E-state index in [0.29, 0.717) is 17.2 Å². The smallest absolute Gasteiger partial charge is 0.226 e. The molecule has 6 fully saturated rings. The lowest BCUT2D eigenvalue weighted by molar-refractivity contribution is -0.196. The van der Waals surface area contributed by atoms with Gasteiger partial charge in [0, 0.05) is 23.8 Å². The van der Waals surface area contributed by atoms with Gasteiger partial charge in [-0.1, -0.05) is 52.4 Å². The highest BCUT2D eigenvalue weighted by molar-refractivity contribution is 6.29. The number of rotatable bonds is 8. The van der Waals surface area contributed by atoms with Crippen LogP contribution >= 0.6 is 23.2 Å². The monoisotopic (exact) mass is 811 g/mol. The lowest BCUT2D eigenvalue weighted by atomic mass is 10.0. The van der Waals surface area contributed by atoms with Gasteiger partial charge in [-0.3, -0.25) is 0 Å². The quantitative estimate of drug-likeness (QED) is 0.171. The van der Waals surface area contributed by atoms with Gasteiger partial charge >= 0.3 is 0 Å². The number of halogens is 2. The molecular formula is C41H55Cl2N7O6. The molecule has 0 bridgehead atoms. The van der Waals surface area contributed by atoms with Crippen LogP contribution in [0.2, 0.25) is 10.6 Å². The Morgan fingerprint density at radius 2 is 1.14 bits per heavy atom. The molecule has 0 radical (unpaired) electrons. The van der Waals surface area contributed by atoms with Gasteiger partial charge in [0.05, 0.1) is 23.3 Å². The van der Waals surface area contributed by atoms with Gasteiger partial charge in [-0.05, 0) is 101 Å². The van der Waals surface area contributed by atoms with E-state index < -0.39 is 11.6 Å². The summed E-state index contributed by atoms with van der Waals surface area (Å²) in [5.41, 5.74) is 2.63. The zero-order valence-electron chi connectivity index (χ0n) is 33.2. The topological polar surface area (TPSA) is 129 Å². The number of ether oxygens (including phenoxy) is 6. The van der Waals surface area contributed by atoms with Crippen LogP contribution in [0.5, 0.6) is 0 Å². The summed E-state index contributed by atoms with van der Waals surface area (Å²) >= 11 is 12.6. The van der Waals surface area contributed by atoms with Gasteiger partial charge in [0.25, 0.3) is 0 Å². The second kappa shape index (κ2) is 15.2. The highest BCUT2D eigenvalue weighted by Gasteiger charge is 2.56. The molecule has 56 heavy (non-hydrogen) atoms. The maximum Gasteiger partial charge on any atom is 0.226 e. The average Bonchev–Trinajstić information content (AvgIpc) is 3.99. The molecule has 0 aromatic carbocycles. The molecule has 2 aliphatic carbocycles. The summed E-state index contributed by atoms with van der Waals surface area (Å²) in [7, 11) is 0. The summed E-state index contributed by atoms with van der Waals surface area (Å²) < 4.78 is 41.4. The van der Waals surface area contributed by atoms with Crippen LogP contribution in [-0.4, -0.2) is 83.3 Å². The number of anilines is 1. The molecule has 13 nitrogen and oxygen atoms in total. The third-order valence-electron chi connectivity index (χ3n) is 12.4. The van der Waals surface area contributed by atoms with Crippen molar-refractivity contribution in [3.05, 3.63) is 40.8 Å². The Morgan fingerprint density at radius 1 is 0.661 bits per heavy atom. The molecular weight excluding hydrogens is 757 g/mol. The molecule has 0 amide bonds. The highest BCUT2D eigenvalue weighted by Crippen LogP contribution is 2.47. The first-order valence-corrected chi connectivity index (χ1v) is 21.5. The lowest BCUT2D eigenvalue weighted by Gasteiger charge is -2.24. The molecule has 304 valence electrons. The van der Waals surface area contributed by atoms with Crippen LogP contribution in [-0.2, 0) is 34.8 Å². The van der Waals surface area contributed by atoms with E-state index in [2.05, 4.69) is 49.7 Å². The van der Waals surface area contributed by atoms with Gasteiger partial charge in [0.2, 0.25) is 10.6 Å². The lowest BCUT2D eigenvalue weighted by Crippen LogP contribution is -2.28. The van der Waals surface area contributed by atoms with E-state index in [1.54, 1.807) is 0 Å². The average molecular weight is 813 g/mol. The number of nitrogens with one attached hydrogen (secondary N) is 1. The van der Waals surface area contributed by atoms with Crippen LogP contribution < -0.4 is 5.32 Å². The van der Waals surface area contributed by atoms with E-state index in [1.165, 1.54) is 38.5 Å². The summed E-state index contributed by atoms with van der Waals surface area (Å²) in [6.07, 6.45) is 15.6. The van der Waals surface area contributed by atoms with E-state index in [1.807, 2.05) is 50.7 Å². The minimum atomic E-state index is -0.616.